The summed E-state index contributed by atoms with van der Waals surface area (Å²) < 4.78 is 114. The molecule has 2 N–H and O–H groups in total. The lowest BCUT2D eigenvalue weighted by molar-refractivity contribution is -0.201. The smallest absolute Gasteiger partial charge is 0.416 e. The molecule has 2 aromatic rings. The van der Waals surface area contributed by atoms with Crippen LogP contribution in [0.2, 0.25) is 0 Å². The standard InChI is InChI=1S/C30H33F6N3O5S/c1-39(2)21-10-6-19(7-11-21)24-18-28(30(34,35)36,37-26(40)25(24)27(41)38-45(42,43)23-14-15-23)20-8-12-22(13-9-20)44-17-5-3-4-16-29(31,32)33/h6-13,23H,3-5,14-18H2,1-2H3,(H,37,40)(H,38,41)/t28-/m0/s1. The highest BCUT2D eigenvalue weighted by Crippen LogP contribution is 2.49. The molecule has 1 atom stereocenters. The fourth-order valence-electron chi connectivity index (χ4n) is 5.02. The van der Waals surface area contributed by atoms with Crippen molar-refractivity contribution in [3.05, 3.63) is 65.2 Å². The lowest BCUT2D eigenvalue weighted by Crippen LogP contribution is -2.60. The van der Waals surface area contributed by atoms with Gasteiger partial charge in [0.15, 0.2) is 5.54 Å². The van der Waals surface area contributed by atoms with Crippen molar-refractivity contribution >= 4 is 33.1 Å². The molecule has 15 heteroatoms. The van der Waals surface area contributed by atoms with Crippen molar-refractivity contribution < 1.29 is 49.1 Å². The minimum Gasteiger partial charge on any atom is -0.494 e. The van der Waals surface area contributed by atoms with E-state index in [9.17, 15) is 44.3 Å². The maximum atomic E-state index is 15.0. The quantitative estimate of drug-likeness (QED) is 0.175. The number of sulfonamides is 1. The summed E-state index contributed by atoms with van der Waals surface area (Å²) in [7, 11) is -0.623. The van der Waals surface area contributed by atoms with Gasteiger partial charge in [0.25, 0.3) is 11.8 Å². The highest BCUT2D eigenvalue weighted by atomic mass is 32.2. The van der Waals surface area contributed by atoms with E-state index in [4.69, 9.17) is 4.74 Å². The van der Waals surface area contributed by atoms with Crippen LogP contribution in [0.1, 0.15) is 56.1 Å². The minimum absolute atomic E-state index is 0.0520. The number of benzene rings is 2. The van der Waals surface area contributed by atoms with E-state index in [-0.39, 0.29) is 41.9 Å². The number of nitrogens with one attached hydrogen (secondary N) is 2. The minimum atomic E-state index is -5.07. The Kier molecular flexibility index (Phi) is 9.81. The fourth-order valence-corrected chi connectivity index (χ4v) is 6.30. The van der Waals surface area contributed by atoms with Gasteiger partial charge < -0.3 is 15.0 Å². The lowest BCUT2D eigenvalue weighted by Gasteiger charge is -2.41. The first-order chi connectivity index (χ1) is 20.9. The van der Waals surface area contributed by atoms with Gasteiger partial charge in [0.05, 0.1) is 11.9 Å². The molecule has 2 aromatic carbocycles. The molecule has 0 spiro atoms. The number of carbonyl (C=O) groups is 2. The number of alkyl halides is 6. The van der Waals surface area contributed by atoms with Gasteiger partial charge in [-0.15, -0.1) is 0 Å². The Morgan fingerprint density at radius 2 is 1.60 bits per heavy atom. The summed E-state index contributed by atoms with van der Waals surface area (Å²) in [6.45, 7) is 0.0520. The largest absolute Gasteiger partial charge is 0.494 e. The van der Waals surface area contributed by atoms with Crippen LogP contribution in [0.3, 0.4) is 0 Å². The molecule has 1 heterocycles. The van der Waals surface area contributed by atoms with Gasteiger partial charge in [-0.1, -0.05) is 24.3 Å². The van der Waals surface area contributed by atoms with Gasteiger partial charge in [0.2, 0.25) is 10.0 Å². The first kappa shape index (κ1) is 34.1. The van der Waals surface area contributed by atoms with Gasteiger partial charge in [-0.3, -0.25) is 9.59 Å². The van der Waals surface area contributed by atoms with Crippen LogP contribution in [0.4, 0.5) is 32.0 Å². The lowest BCUT2D eigenvalue weighted by atomic mass is 9.76. The van der Waals surface area contributed by atoms with Crippen molar-refractivity contribution in [2.24, 2.45) is 0 Å². The number of hydrogen-bond acceptors (Lipinski definition) is 6. The molecule has 0 unspecified atom stereocenters. The second-order valence-corrected chi connectivity index (χ2v) is 13.3. The molecule has 2 aliphatic rings. The zero-order valence-electron chi connectivity index (χ0n) is 24.5. The second kappa shape index (κ2) is 12.9. The number of halogens is 6. The van der Waals surface area contributed by atoms with Gasteiger partial charge in [-0.2, -0.15) is 26.3 Å². The van der Waals surface area contributed by atoms with Crippen LogP contribution < -0.4 is 19.7 Å². The maximum Gasteiger partial charge on any atom is 0.416 e. The number of carbonyl (C=O) groups excluding carboxylic acids is 2. The van der Waals surface area contributed by atoms with Gasteiger partial charge in [0.1, 0.15) is 11.3 Å². The zero-order chi connectivity index (χ0) is 33.2. The summed E-state index contributed by atoms with van der Waals surface area (Å²) >= 11 is 0. The van der Waals surface area contributed by atoms with Crippen LogP contribution in [0, 0.1) is 0 Å². The predicted octanol–water partition coefficient (Wildman–Crippen LogP) is 5.59. The van der Waals surface area contributed by atoms with Crippen LogP contribution in [0.5, 0.6) is 5.75 Å². The highest BCUT2D eigenvalue weighted by molar-refractivity contribution is 7.91. The summed E-state index contributed by atoms with van der Waals surface area (Å²) in [6.07, 6.45) is -10.0. The van der Waals surface area contributed by atoms with Crippen molar-refractivity contribution in [3.8, 4) is 5.75 Å². The molecule has 8 nitrogen and oxygen atoms in total. The third-order valence-corrected chi connectivity index (χ3v) is 9.48. The Morgan fingerprint density at radius 3 is 2.13 bits per heavy atom. The molecule has 4 rings (SSSR count). The molecular weight excluding hydrogens is 628 g/mol. The maximum absolute atomic E-state index is 15.0. The van der Waals surface area contributed by atoms with E-state index < -0.39 is 63.4 Å². The van der Waals surface area contributed by atoms with Crippen LogP contribution in [-0.4, -0.2) is 58.5 Å². The summed E-state index contributed by atoms with van der Waals surface area (Å²) in [6, 6.07) is 10.8. The highest BCUT2D eigenvalue weighted by Gasteiger charge is 2.60. The summed E-state index contributed by atoms with van der Waals surface area (Å²) in [5.41, 5.74) is -3.56. The molecule has 246 valence electrons. The van der Waals surface area contributed by atoms with Crippen molar-refractivity contribution in [1.82, 2.24) is 10.0 Å². The summed E-state index contributed by atoms with van der Waals surface area (Å²) in [5, 5.41) is 1.14. The van der Waals surface area contributed by atoms with E-state index in [1.807, 2.05) is 10.0 Å². The van der Waals surface area contributed by atoms with E-state index in [0.29, 0.717) is 24.9 Å². The number of hydrogen-bond donors (Lipinski definition) is 2. The summed E-state index contributed by atoms with van der Waals surface area (Å²) in [5.74, 6) is -2.54. The Bertz CT molecular complexity index is 1530. The van der Waals surface area contributed by atoms with Crippen LogP contribution in [-0.2, 0) is 25.2 Å². The molecule has 1 aliphatic carbocycles. The Hall–Kier alpha value is -3.75. The van der Waals surface area contributed by atoms with Gasteiger partial charge in [0, 0.05) is 32.6 Å². The van der Waals surface area contributed by atoms with E-state index in [1.165, 1.54) is 24.3 Å². The topological polar surface area (TPSA) is 105 Å². The molecular formula is C30H33F6N3O5S. The molecule has 1 fully saturated rings. The monoisotopic (exact) mass is 661 g/mol. The van der Waals surface area contributed by atoms with Crippen LogP contribution >= 0.6 is 0 Å². The van der Waals surface area contributed by atoms with Crippen LogP contribution in [0.25, 0.3) is 5.57 Å². The molecule has 45 heavy (non-hydrogen) atoms. The van der Waals surface area contributed by atoms with E-state index in [0.717, 1.165) is 12.1 Å². The average Bonchev–Trinajstić information content (AvgIpc) is 3.80. The third-order valence-electron chi connectivity index (χ3n) is 7.66. The number of unbranched alkanes of at least 4 members (excludes halogenated alkanes) is 2. The summed E-state index contributed by atoms with van der Waals surface area (Å²) in [4.78, 5) is 28.4. The molecule has 0 aromatic heterocycles. The third kappa shape index (κ3) is 8.10. The Labute approximate surface area is 256 Å². The molecule has 0 bridgehead atoms. The Balaban J connectivity index is 1.65. The fraction of sp³-hybridized carbons (Fsp3) is 0.467. The van der Waals surface area contributed by atoms with Gasteiger partial charge >= 0.3 is 12.4 Å². The van der Waals surface area contributed by atoms with Crippen molar-refractivity contribution in [2.45, 2.75) is 68.1 Å². The Morgan fingerprint density at radius 1 is 0.978 bits per heavy atom. The molecule has 0 saturated heterocycles. The predicted molar refractivity (Wildman–Crippen MR) is 155 cm³/mol. The number of rotatable bonds is 12. The molecule has 1 saturated carbocycles. The van der Waals surface area contributed by atoms with Gasteiger partial charge in [-0.25, -0.2) is 13.1 Å². The molecule has 1 aliphatic heterocycles. The zero-order valence-corrected chi connectivity index (χ0v) is 25.3. The van der Waals surface area contributed by atoms with E-state index in [2.05, 4.69) is 0 Å². The number of amides is 2. The second-order valence-electron chi connectivity index (χ2n) is 11.3. The van der Waals surface area contributed by atoms with Crippen molar-refractivity contribution in [2.75, 3.05) is 25.6 Å². The van der Waals surface area contributed by atoms with E-state index in [1.54, 1.807) is 31.1 Å². The number of anilines is 1. The molecule has 0 radical (unpaired) electrons. The SMILES string of the molecule is CN(C)c1ccc(C2=C(C(=O)NS(=O)(=O)C3CC3)C(=O)N[C@@](c3ccc(OCCCCCC(F)(F)F)cc3)(C(F)(F)F)C2)cc1. The number of ether oxygens (including phenoxy) is 1. The normalized spacial score (nSPS) is 19.2. The number of nitrogens with zero attached hydrogens (tertiary/aromatic N) is 1. The van der Waals surface area contributed by atoms with Crippen molar-refractivity contribution in [3.63, 3.8) is 0 Å². The first-order valence-corrected chi connectivity index (χ1v) is 15.7. The molecule has 2 amide bonds. The van der Waals surface area contributed by atoms with E-state index >= 15 is 0 Å². The average molecular weight is 662 g/mol. The van der Waals surface area contributed by atoms with Gasteiger partial charge in [-0.05, 0) is 73.1 Å². The first-order valence-electron chi connectivity index (χ1n) is 14.2. The van der Waals surface area contributed by atoms with Crippen molar-refractivity contribution in [1.29, 1.82) is 0 Å². The van der Waals surface area contributed by atoms with Crippen LogP contribution in [0.15, 0.2) is 54.1 Å².